The van der Waals surface area contributed by atoms with Crippen LogP contribution in [0.25, 0.3) is 6.08 Å². The summed E-state index contributed by atoms with van der Waals surface area (Å²) >= 11 is 0. The maximum Gasteiger partial charge on any atom is 0.123 e. The monoisotopic (exact) mass is 292 g/mol. The van der Waals surface area contributed by atoms with Gasteiger partial charge in [0.2, 0.25) is 0 Å². The van der Waals surface area contributed by atoms with Crippen molar-refractivity contribution < 1.29 is 4.39 Å². The zero-order valence-electron chi connectivity index (χ0n) is 12.2. The minimum Gasteiger partial charge on any atom is -0.207 e. The number of nitrogens with zero attached hydrogens (tertiary/aromatic N) is 2. The second-order valence-electron chi connectivity index (χ2n) is 5.23. The van der Waals surface area contributed by atoms with Gasteiger partial charge in [0.1, 0.15) is 5.82 Å². The summed E-state index contributed by atoms with van der Waals surface area (Å²) in [6.07, 6.45) is 8.55. The summed E-state index contributed by atoms with van der Waals surface area (Å²) in [5.74, 6) is -0.229. The number of hydrogen-bond donors (Lipinski definition) is 0. The number of benzene rings is 2. The Kier molecular flexibility index (Phi) is 4.54. The molecule has 0 spiro atoms. The van der Waals surface area contributed by atoms with Crippen LogP contribution in [0.4, 0.5) is 4.39 Å². The van der Waals surface area contributed by atoms with Crippen molar-refractivity contribution in [2.75, 3.05) is 0 Å². The molecule has 3 heteroatoms. The van der Waals surface area contributed by atoms with Crippen LogP contribution in [0, 0.1) is 5.82 Å². The molecule has 2 nitrogen and oxygen atoms in total. The highest BCUT2D eigenvalue weighted by Crippen LogP contribution is 2.21. The van der Waals surface area contributed by atoms with Gasteiger partial charge in [0.05, 0.1) is 5.71 Å². The number of fused-ring (bicyclic) bond motifs is 1. The van der Waals surface area contributed by atoms with Gasteiger partial charge in [-0.25, -0.2) is 4.39 Å². The SMILES string of the molecule is Fc1ccc(/C=C/C=N/N=C2\CCCc3ccccc32)cc1. The van der Waals surface area contributed by atoms with E-state index >= 15 is 0 Å². The first-order valence-electron chi connectivity index (χ1n) is 7.43. The van der Waals surface area contributed by atoms with E-state index in [1.54, 1.807) is 18.3 Å². The highest BCUT2D eigenvalue weighted by atomic mass is 19.1. The number of aryl methyl sites for hydroxylation is 1. The molecule has 2 aromatic carbocycles. The Labute approximate surface area is 129 Å². The molecule has 0 saturated heterocycles. The molecule has 0 unspecified atom stereocenters. The van der Waals surface area contributed by atoms with Gasteiger partial charge in [-0.3, -0.25) is 0 Å². The van der Waals surface area contributed by atoms with Gasteiger partial charge in [0.25, 0.3) is 0 Å². The van der Waals surface area contributed by atoms with Crippen molar-refractivity contribution in [3.8, 4) is 0 Å². The van der Waals surface area contributed by atoms with Gasteiger partial charge in [-0.1, -0.05) is 42.5 Å². The Morgan fingerprint density at radius 2 is 1.77 bits per heavy atom. The lowest BCUT2D eigenvalue weighted by Crippen LogP contribution is -2.11. The van der Waals surface area contributed by atoms with E-state index in [2.05, 4.69) is 28.4 Å². The van der Waals surface area contributed by atoms with Crippen molar-refractivity contribution in [2.24, 2.45) is 10.2 Å². The summed E-state index contributed by atoms with van der Waals surface area (Å²) < 4.78 is 12.8. The quantitative estimate of drug-likeness (QED) is 0.581. The third-order valence-electron chi connectivity index (χ3n) is 3.68. The fourth-order valence-electron chi connectivity index (χ4n) is 2.57. The average Bonchev–Trinajstić information content (AvgIpc) is 2.56. The van der Waals surface area contributed by atoms with Gasteiger partial charge in [-0.15, -0.1) is 0 Å². The Morgan fingerprint density at radius 3 is 2.64 bits per heavy atom. The Balaban J connectivity index is 1.68. The summed E-state index contributed by atoms with van der Waals surface area (Å²) in [5.41, 5.74) is 4.55. The van der Waals surface area contributed by atoms with Crippen LogP contribution >= 0.6 is 0 Å². The second kappa shape index (κ2) is 6.94. The lowest BCUT2D eigenvalue weighted by molar-refractivity contribution is 0.628. The van der Waals surface area contributed by atoms with Gasteiger partial charge in [0, 0.05) is 11.8 Å². The summed E-state index contributed by atoms with van der Waals surface area (Å²) in [6.45, 7) is 0. The number of halogens is 1. The maximum absolute atomic E-state index is 12.8. The van der Waals surface area contributed by atoms with Crippen LogP contribution in [0.3, 0.4) is 0 Å². The number of hydrogen-bond acceptors (Lipinski definition) is 2. The number of allylic oxidation sites excluding steroid dienone is 1. The zero-order valence-corrected chi connectivity index (χ0v) is 12.2. The predicted molar refractivity (Wildman–Crippen MR) is 89.8 cm³/mol. The third kappa shape index (κ3) is 3.55. The van der Waals surface area contributed by atoms with Gasteiger partial charge < -0.3 is 0 Å². The standard InChI is InChI=1S/C19H17FN2/c20-17-12-10-15(11-13-17)5-4-14-21-22-19-9-3-7-16-6-1-2-8-18(16)19/h1-2,4-6,8,10-14H,3,7,9H2/b5-4+,21-14+,22-19+. The second-order valence-corrected chi connectivity index (χ2v) is 5.23. The van der Waals surface area contributed by atoms with Crippen LogP contribution < -0.4 is 0 Å². The van der Waals surface area contributed by atoms with E-state index in [1.807, 2.05) is 18.2 Å². The largest absolute Gasteiger partial charge is 0.207 e. The Hall–Kier alpha value is -2.55. The molecule has 0 radical (unpaired) electrons. The van der Waals surface area contributed by atoms with Crippen molar-refractivity contribution >= 4 is 18.0 Å². The van der Waals surface area contributed by atoms with Crippen LogP contribution in [-0.4, -0.2) is 11.9 Å². The van der Waals surface area contributed by atoms with E-state index in [4.69, 9.17) is 0 Å². The predicted octanol–water partition coefficient (Wildman–Crippen LogP) is 4.65. The lowest BCUT2D eigenvalue weighted by atomic mass is 9.90. The van der Waals surface area contributed by atoms with Gasteiger partial charge in [0.15, 0.2) is 0 Å². The van der Waals surface area contributed by atoms with E-state index < -0.39 is 0 Å². The van der Waals surface area contributed by atoms with E-state index in [9.17, 15) is 4.39 Å². The Morgan fingerprint density at radius 1 is 0.955 bits per heavy atom. The van der Waals surface area contributed by atoms with E-state index in [1.165, 1.54) is 23.3 Å². The smallest absolute Gasteiger partial charge is 0.123 e. The average molecular weight is 292 g/mol. The molecular formula is C19H17FN2. The molecule has 22 heavy (non-hydrogen) atoms. The topological polar surface area (TPSA) is 24.7 Å². The highest BCUT2D eigenvalue weighted by molar-refractivity contribution is 6.02. The third-order valence-corrected chi connectivity index (χ3v) is 3.68. The molecule has 0 atom stereocenters. The molecule has 2 aromatic rings. The molecule has 0 saturated carbocycles. The molecule has 0 aliphatic heterocycles. The summed E-state index contributed by atoms with van der Waals surface area (Å²) in [6, 6.07) is 14.7. The minimum absolute atomic E-state index is 0.229. The first-order valence-corrected chi connectivity index (χ1v) is 7.43. The molecular weight excluding hydrogens is 275 g/mol. The molecule has 1 aliphatic rings. The molecule has 1 aliphatic carbocycles. The molecule has 0 fully saturated rings. The fourth-order valence-corrected chi connectivity index (χ4v) is 2.57. The van der Waals surface area contributed by atoms with Gasteiger partial charge in [-0.2, -0.15) is 10.2 Å². The molecule has 0 aromatic heterocycles. The summed E-state index contributed by atoms with van der Waals surface area (Å²) in [7, 11) is 0. The minimum atomic E-state index is -0.229. The molecule has 0 amide bonds. The van der Waals surface area contributed by atoms with Gasteiger partial charge in [-0.05, 0) is 48.6 Å². The molecule has 0 heterocycles. The van der Waals surface area contributed by atoms with Crippen molar-refractivity contribution in [2.45, 2.75) is 19.3 Å². The van der Waals surface area contributed by atoms with Crippen LogP contribution in [0.2, 0.25) is 0 Å². The van der Waals surface area contributed by atoms with Crippen molar-refractivity contribution in [3.63, 3.8) is 0 Å². The Bertz CT molecular complexity index is 727. The fraction of sp³-hybridized carbons (Fsp3) is 0.158. The first kappa shape index (κ1) is 14.4. The zero-order chi connectivity index (χ0) is 15.2. The maximum atomic E-state index is 12.8. The van der Waals surface area contributed by atoms with E-state index in [0.717, 1.165) is 30.5 Å². The lowest BCUT2D eigenvalue weighted by Gasteiger charge is -2.16. The molecule has 0 N–H and O–H groups in total. The van der Waals surface area contributed by atoms with Crippen LogP contribution in [-0.2, 0) is 6.42 Å². The molecule has 3 rings (SSSR count). The van der Waals surface area contributed by atoms with Gasteiger partial charge >= 0.3 is 0 Å². The van der Waals surface area contributed by atoms with Crippen LogP contribution in [0.1, 0.15) is 29.5 Å². The summed E-state index contributed by atoms with van der Waals surface area (Å²) in [4.78, 5) is 0. The molecule has 110 valence electrons. The van der Waals surface area contributed by atoms with Crippen molar-refractivity contribution in [3.05, 3.63) is 77.1 Å². The van der Waals surface area contributed by atoms with Crippen LogP contribution in [0.5, 0.6) is 0 Å². The normalized spacial score (nSPS) is 16.5. The van der Waals surface area contributed by atoms with Crippen molar-refractivity contribution in [1.29, 1.82) is 0 Å². The number of rotatable bonds is 3. The molecule has 0 bridgehead atoms. The van der Waals surface area contributed by atoms with Crippen molar-refractivity contribution in [1.82, 2.24) is 0 Å². The first-order chi connectivity index (χ1) is 10.8. The van der Waals surface area contributed by atoms with E-state index in [0.29, 0.717) is 0 Å². The van der Waals surface area contributed by atoms with Crippen LogP contribution in [0.15, 0.2) is 64.8 Å². The van der Waals surface area contributed by atoms with E-state index in [-0.39, 0.29) is 5.82 Å². The highest BCUT2D eigenvalue weighted by Gasteiger charge is 2.14. The summed E-state index contributed by atoms with van der Waals surface area (Å²) in [5, 5.41) is 8.47.